The third-order valence-corrected chi connectivity index (χ3v) is 3.14. The van der Waals surface area contributed by atoms with Crippen LogP contribution < -0.4 is 4.74 Å². The predicted molar refractivity (Wildman–Crippen MR) is 65.2 cm³/mol. The number of aliphatic hydroxyl groups is 1. The van der Waals surface area contributed by atoms with E-state index in [1.54, 1.807) is 7.11 Å². The van der Waals surface area contributed by atoms with E-state index in [1.807, 2.05) is 24.3 Å². The lowest BCUT2D eigenvalue weighted by Gasteiger charge is -2.33. The molecule has 4 nitrogen and oxygen atoms in total. The number of nitrogens with zero attached hydrogens (tertiary/aromatic N) is 1. The van der Waals surface area contributed by atoms with Crippen LogP contribution in [0.5, 0.6) is 5.75 Å². The summed E-state index contributed by atoms with van der Waals surface area (Å²) in [4.78, 5) is 2.25. The molecular weight excluding hydrogens is 218 g/mol. The van der Waals surface area contributed by atoms with Gasteiger partial charge in [0.25, 0.3) is 0 Å². The molecule has 1 saturated heterocycles. The lowest BCUT2D eigenvalue weighted by Crippen LogP contribution is -2.40. The van der Waals surface area contributed by atoms with Gasteiger partial charge in [-0.1, -0.05) is 12.1 Å². The maximum atomic E-state index is 9.57. The van der Waals surface area contributed by atoms with E-state index in [0.29, 0.717) is 0 Å². The summed E-state index contributed by atoms with van der Waals surface area (Å²) in [6.07, 6.45) is 0. The second-order valence-corrected chi connectivity index (χ2v) is 4.12. The Morgan fingerprint density at radius 1 is 1.41 bits per heavy atom. The Bertz CT molecular complexity index is 350. The molecule has 1 aliphatic rings. The lowest BCUT2D eigenvalue weighted by molar-refractivity contribution is 0.00256. The van der Waals surface area contributed by atoms with Crippen LogP contribution in [0.4, 0.5) is 0 Å². The maximum absolute atomic E-state index is 9.57. The Kier molecular flexibility index (Phi) is 4.36. The largest absolute Gasteiger partial charge is 0.497 e. The molecule has 1 fully saturated rings. The fourth-order valence-electron chi connectivity index (χ4n) is 2.17. The number of methoxy groups -OCH3 is 1. The summed E-state index contributed by atoms with van der Waals surface area (Å²) in [6, 6.07) is 7.91. The zero-order valence-electron chi connectivity index (χ0n) is 10.1. The molecule has 17 heavy (non-hydrogen) atoms. The zero-order chi connectivity index (χ0) is 12.1. The van der Waals surface area contributed by atoms with Crippen LogP contribution in [-0.4, -0.2) is 50.0 Å². The van der Waals surface area contributed by atoms with Crippen molar-refractivity contribution in [3.05, 3.63) is 29.8 Å². The second-order valence-electron chi connectivity index (χ2n) is 4.12. The van der Waals surface area contributed by atoms with Crippen molar-refractivity contribution in [2.45, 2.75) is 6.04 Å². The van der Waals surface area contributed by atoms with Crippen molar-refractivity contribution in [2.75, 3.05) is 40.0 Å². The fourth-order valence-corrected chi connectivity index (χ4v) is 2.17. The van der Waals surface area contributed by atoms with Gasteiger partial charge in [-0.2, -0.15) is 0 Å². The van der Waals surface area contributed by atoms with Gasteiger partial charge < -0.3 is 14.6 Å². The highest BCUT2D eigenvalue weighted by Crippen LogP contribution is 2.24. The van der Waals surface area contributed by atoms with E-state index < -0.39 is 0 Å². The molecule has 1 aliphatic heterocycles. The van der Waals surface area contributed by atoms with Crippen LogP contribution >= 0.6 is 0 Å². The smallest absolute Gasteiger partial charge is 0.119 e. The third-order valence-electron chi connectivity index (χ3n) is 3.14. The first-order valence-corrected chi connectivity index (χ1v) is 5.91. The minimum Gasteiger partial charge on any atom is -0.497 e. The van der Waals surface area contributed by atoms with Gasteiger partial charge in [0.05, 0.1) is 33.0 Å². The normalized spacial score (nSPS) is 18.9. The van der Waals surface area contributed by atoms with E-state index in [1.165, 1.54) is 0 Å². The summed E-state index contributed by atoms with van der Waals surface area (Å²) in [5, 5.41) is 9.57. The summed E-state index contributed by atoms with van der Waals surface area (Å²) in [7, 11) is 1.65. The van der Waals surface area contributed by atoms with Crippen LogP contribution in [0.1, 0.15) is 11.6 Å². The molecule has 0 amide bonds. The standard InChI is InChI=1S/C13H19NO3/c1-16-12-4-2-3-11(9-12)13(10-15)14-5-7-17-8-6-14/h2-4,9,13,15H,5-8,10H2,1H3/t13-/m1/s1. The van der Waals surface area contributed by atoms with Gasteiger partial charge in [-0.15, -0.1) is 0 Å². The summed E-state index contributed by atoms with van der Waals surface area (Å²) >= 11 is 0. The number of benzene rings is 1. The molecule has 1 N–H and O–H groups in total. The number of rotatable bonds is 4. The molecule has 0 bridgehead atoms. The van der Waals surface area contributed by atoms with Crippen molar-refractivity contribution in [2.24, 2.45) is 0 Å². The molecule has 0 spiro atoms. The monoisotopic (exact) mass is 237 g/mol. The minimum absolute atomic E-state index is 0.0361. The van der Waals surface area contributed by atoms with Gasteiger partial charge in [-0.25, -0.2) is 0 Å². The molecule has 94 valence electrons. The quantitative estimate of drug-likeness (QED) is 0.850. The summed E-state index contributed by atoms with van der Waals surface area (Å²) in [5.41, 5.74) is 1.09. The van der Waals surface area contributed by atoms with E-state index in [0.717, 1.165) is 37.6 Å². The van der Waals surface area contributed by atoms with Crippen LogP contribution in [-0.2, 0) is 4.74 Å². The molecule has 0 radical (unpaired) electrons. The van der Waals surface area contributed by atoms with Crippen LogP contribution in [0.3, 0.4) is 0 Å². The van der Waals surface area contributed by atoms with Gasteiger partial charge in [0.1, 0.15) is 5.75 Å². The lowest BCUT2D eigenvalue weighted by atomic mass is 10.1. The van der Waals surface area contributed by atoms with Gasteiger partial charge in [0.15, 0.2) is 0 Å². The number of hydrogen-bond acceptors (Lipinski definition) is 4. The fraction of sp³-hybridized carbons (Fsp3) is 0.538. The molecule has 0 aromatic heterocycles. The average molecular weight is 237 g/mol. The van der Waals surface area contributed by atoms with Crippen molar-refractivity contribution in [3.63, 3.8) is 0 Å². The molecule has 0 aliphatic carbocycles. The van der Waals surface area contributed by atoms with E-state index >= 15 is 0 Å². The molecule has 1 aromatic carbocycles. The molecule has 1 aromatic rings. The van der Waals surface area contributed by atoms with E-state index in [9.17, 15) is 5.11 Å². The Hall–Kier alpha value is -1.10. The summed E-state index contributed by atoms with van der Waals surface area (Å²) < 4.78 is 10.5. The first kappa shape index (κ1) is 12.4. The molecular formula is C13H19NO3. The first-order chi connectivity index (χ1) is 8.35. The zero-order valence-corrected chi connectivity index (χ0v) is 10.1. The van der Waals surface area contributed by atoms with Crippen LogP contribution in [0.2, 0.25) is 0 Å². The Morgan fingerprint density at radius 2 is 2.18 bits per heavy atom. The van der Waals surface area contributed by atoms with E-state index in [4.69, 9.17) is 9.47 Å². The van der Waals surface area contributed by atoms with E-state index in [2.05, 4.69) is 4.90 Å². The maximum Gasteiger partial charge on any atom is 0.119 e. The molecule has 4 heteroatoms. The van der Waals surface area contributed by atoms with Crippen molar-refractivity contribution in [1.82, 2.24) is 4.90 Å². The average Bonchev–Trinajstić information content (AvgIpc) is 2.41. The van der Waals surface area contributed by atoms with Crippen LogP contribution in [0.25, 0.3) is 0 Å². The predicted octanol–water partition coefficient (Wildman–Crippen LogP) is 1.06. The van der Waals surface area contributed by atoms with Crippen LogP contribution in [0.15, 0.2) is 24.3 Å². The van der Waals surface area contributed by atoms with Gasteiger partial charge in [-0.05, 0) is 17.7 Å². The number of ether oxygens (including phenoxy) is 2. The highest BCUT2D eigenvalue weighted by molar-refractivity contribution is 5.30. The van der Waals surface area contributed by atoms with Crippen molar-refractivity contribution in [1.29, 1.82) is 0 Å². The second kappa shape index (κ2) is 6.00. The molecule has 0 saturated carbocycles. The first-order valence-electron chi connectivity index (χ1n) is 5.91. The van der Waals surface area contributed by atoms with Crippen LogP contribution in [0, 0.1) is 0 Å². The highest BCUT2D eigenvalue weighted by atomic mass is 16.5. The van der Waals surface area contributed by atoms with Gasteiger partial charge >= 0.3 is 0 Å². The topological polar surface area (TPSA) is 41.9 Å². The Labute approximate surface area is 102 Å². The SMILES string of the molecule is COc1cccc([C@@H](CO)N2CCOCC2)c1. The number of aliphatic hydroxyl groups excluding tert-OH is 1. The summed E-state index contributed by atoms with van der Waals surface area (Å²) in [5.74, 6) is 0.828. The van der Waals surface area contributed by atoms with Crippen molar-refractivity contribution < 1.29 is 14.6 Å². The van der Waals surface area contributed by atoms with Gasteiger partial charge in [0, 0.05) is 13.1 Å². The molecule has 0 unspecified atom stereocenters. The highest BCUT2D eigenvalue weighted by Gasteiger charge is 2.21. The summed E-state index contributed by atoms with van der Waals surface area (Å²) in [6.45, 7) is 3.32. The molecule has 1 heterocycles. The Morgan fingerprint density at radius 3 is 2.82 bits per heavy atom. The van der Waals surface area contributed by atoms with Crippen molar-refractivity contribution >= 4 is 0 Å². The van der Waals surface area contributed by atoms with E-state index in [-0.39, 0.29) is 12.6 Å². The van der Waals surface area contributed by atoms with Crippen molar-refractivity contribution in [3.8, 4) is 5.75 Å². The molecule has 2 rings (SSSR count). The minimum atomic E-state index is 0.0361. The van der Waals surface area contributed by atoms with Gasteiger partial charge in [0.2, 0.25) is 0 Å². The van der Waals surface area contributed by atoms with Gasteiger partial charge in [-0.3, -0.25) is 4.90 Å². The molecule has 1 atom stereocenters. The Balaban J connectivity index is 2.15. The number of hydrogen-bond donors (Lipinski definition) is 1. The number of morpholine rings is 1. The third kappa shape index (κ3) is 2.97.